The van der Waals surface area contributed by atoms with Crippen molar-refractivity contribution in [3.8, 4) is 9.88 Å². The van der Waals surface area contributed by atoms with E-state index in [1.807, 2.05) is 52.7 Å². The lowest BCUT2D eigenvalue weighted by Crippen LogP contribution is -2.42. The summed E-state index contributed by atoms with van der Waals surface area (Å²) in [7, 11) is 1.88. The second-order valence-corrected chi connectivity index (χ2v) is 8.81. The zero-order valence-corrected chi connectivity index (χ0v) is 18.0. The lowest BCUT2D eigenvalue weighted by molar-refractivity contribution is -0.121. The van der Waals surface area contributed by atoms with Gasteiger partial charge in [-0.2, -0.15) is 0 Å². The summed E-state index contributed by atoms with van der Waals surface area (Å²) < 4.78 is 2.89. The highest BCUT2D eigenvalue weighted by Crippen LogP contribution is 2.32. The summed E-state index contributed by atoms with van der Waals surface area (Å²) in [4.78, 5) is 30.2. The molecule has 142 valence electrons. The Kier molecular flexibility index (Phi) is 5.29. The maximum atomic E-state index is 12.5. The van der Waals surface area contributed by atoms with Crippen LogP contribution in [0.5, 0.6) is 0 Å². The molecule has 4 aromatic rings. The van der Waals surface area contributed by atoms with Gasteiger partial charge in [0.2, 0.25) is 5.91 Å². The van der Waals surface area contributed by atoms with E-state index in [0.717, 1.165) is 25.3 Å². The first kappa shape index (κ1) is 18.9. The van der Waals surface area contributed by atoms with Crippen molar-refractivity contribution in [2.45, 2.75) is 6.42 Å². The number of thiazole rings is 1. The van der Waals surface area contributed by atoms with Crippen molar-refractivity contribution in [2.24, 2.45) is 7.05 Å². The Morgan fingerprint density at radius 2 is 2.00 bits per heavy atom. The van der Waals surface area contributed by atoms with Crippen LogP contribution in [0.4, 0.5) is 0 Å². The molecule has 0 radical (unpaired) electrons. The van der Waals surface area contributed by atoms with Crippen LogP contribution in [0.3, 0.4) is 0 Å². The van der Waals surface area contributed by atoms with Crippen LogP contribution in [0.2, 0.25) is 0 Å². The zero-order valence-electron chi connectivity index (χ0n) is 14.7. The number of aromatic nitrogens is 2. The summed E-state index contributed by atoms with van der Waals surface area (Å²) in [6, 6.07) is 9.62. The van der Waals surface area contributed by atoms with Gasteiger partial charge in [0, 0.05) is 39.4 Å². The number of fused-ring (bicyclic) bond motifs is 1. The van der Waals surface area contributed by atoms with Crippen LogP contribution < -0.4 is 10.9 Å². The number of halogens is 1. The molecule has 6 nitrogen and oxygen atoms in total. The van der Waals surface area contributed by atoms with Crippen LogP contribution >= 0.6 is 38.6 Å². The lowest BCUT2D eigenvalue weighted by Gasteiger charge is -2.05. The molecule has 2 N–H and O–H groups in total. The summed E-state index contributed by atoms with van der Waals surface area (Å²) in [5.74, 6) is -0.676. The maximum absolute atomic E-state index is 12.5. The standard InChI is InChI=1S/C19H15BrN4O2S2/c1-24-8-14(13-4-2-3-5-15(13)24)18(26)23-22-17(25)7-12-10-28-19(21-12)16-6-11(20)9-27-16/h2-6,8-10H,7H2,1H3,(H,22,25)(H,23,26). The molecule has 28 heavy (non-hydrogen) atoms. The van der Waals surface area contributed by atoms with Gasteiger partial charge in [0.15, 0.2) is 0 Å². The number of para-hydroxylation sites is 1. The smallest absolute Gasteiger partial charge is 0.271 e. The molecule has 0 aliphatic carbocycles. The van der Waals surface area contributed by atoms with E-state index in [4.69, 9.17) is 0 Å². The van der Waals surface area contributed by atoms with Gasteiger partial charge in [-0.05, 0) is 28.1 Å². The number of carbonyl (C=O) groups excluding carboxylic acids is 2. The fraction of sp³-hybridized carbons (Fsp3) is 0.105. The fourth-order valence-corrected chi connectivity index (χ4v) is 5.18. The zero-order chi connectivity index (χ0) is 19.7. The van der Waals surface area contributed by atoms with Crippen molar-refractivity contribution in [3.63, 3.8) is 0 Å². The van der Waals surface area contributed by atoms with Gasteiger partial charge in [0.05, 0.1) is 22.6 Å². The van der Waals surface area contributed by atoms with Crippen molar-refractivity contribution in [1.29, 1.82) is 0 Å². The van der Waals surface area contributed by atoms with E-state index in [1.165, 1.54) is 11.3 Å². The van der Waals surface area contributed by atoms with Crippen molar-refractivity contribution in [3.05, 3.63) is 63.0 Å². The van der Waals surface area contributed by atoms with Gasteiger partial charge in [-0.25, -0.2) is 4.98 Å². The van der Waals surface area contributed by atoms with Gasteiger partial charge in [-0.15, -0.1) is 22.7 Å². The first-order valence-corrected chi connectivity index (χ1v) is 10.9. The number of nitrogens with one attached hydrogen (secondary N) is 2. The van der Waals surface area contributed by atoms with E-state index in [1.54, 1.807) is 17.5 Å². The highest BCUT2D eigenvalue weighted by atomic mass is 79.9. The molecular weight excluding hydrogens is 460 g/mol. The van der Waals surface area contributed by atoms with Crippen molar-refractivity contribution >= 4 is 61.3 Å². The number of aryl methyl sites for hydroxylation is 1. The number of hydrazine groups is 1. The van der Waals surface area contributed by atoms with E-state index in [2.05, 4.69) is 31.8 Å². The highest BCUT2D eigenvalue weighted by molar-refractivity contribution is 9.10. The second-order valence-electron chi connectivity index (χ2n) is 6.12. The van der Waals surface area contributed by atoms with Gasteiger partial charge in [-0.1, -0.05) is 18.2 Å². The number of hydrogen-bond acceptors (Lipinski definition) is 5. The monoisotopic (exact) mass is 474 g/mol. The minimum Gasteiger partial charge on any atom is -0.350 e. The molecule has 4 rings (SSSR count). The largest absolute Gasteiger partial charge is 0.350 e. The molecule has 1 aromatic carbocycles. The van der Waals surface area contributed by atoms with E-state index in [-0.39, 0.29) is 18.2 Å². The fourth-order valence-electron chi connectivity index (χ4n) is 2.85. The van der Waals surface area contributed by atoms with Gasteiger partial charge in [0.25, 0.3) is 5.91 Å². The maximum Gasteiger partial charge on any atom is 0.271 e. The Morgan fingerprint density at radius 3 is 2.79 bits per heavy atom. The topological polar surface area (TPSA) is 76.0 Å². The molecule has 0 atom stereocenters. The number of hydrogen-bond donors (Lipinski definition) is 2. The van der Waals surface area contributed by atoms with E-state index < -0.39 is 0 Å². The van der Waals surface area contributed by atoms with Crippen LogP contribution in [-0.2, 0) is 18.3 Å². The second kappa shape index (κ2) is 7.86. The molecule has 0 aliphatic heterocycles. The third kappa shape index (κ3) is 3.87. The quantitative estimate of drug-likeness (QED) is 0.436. The molecule has 0 unspecified atom stereocenters. The Bertz CT molecular complexity index is 1180. The average Bonchev–Trinajstić information content (AvgIpc) is 3.39. The van der Waals surface area contributed by atoms with Crippen LogP contribution in [0.1, 0.15) is 16.1 Å². The van der Waals surface area contributed by atoms with Gasteiger partial charge >= 0.3 is 0 Å². The van der Waals surface area contributed by atoms with E-state index in [0.29, 0.717) is 11.3 Å². The summed E-state index contributed by atoms with van der Waals surface area (Å²) in [5, 5.41) is 5.56. The minimum atomic E-state index is -0.354. The van der Waals surface area contributed by atoms with Crippen LogP contribution in [0, 0.1) is 0 Å². The average molecular weight is 475 g/mol. The third-order valence-corrected chi connectivity index (χ3v) is 6.88. The highest BCUT2D eigenvalue weighted by Gasteiger charge is 2.15. The van der Waals surface area contributed by atoms with Crippen LogP contribution in [0.15, 0.2) is 51.8 Å². The van der Waals surface area contributed by atoms with E-state index >= 15 is 0 Å². The Hall–Kier alpha value is -2.49. The third-order valence-electron chi connectivity index (χ3n) is 4.13. The number of thiophene rings is 1. The predicted molar refractivity (Wildman–Crippen MR) is 115 cm³/mol. The molecule has 0 aliphatic rings. The molecule has 3 heterocycles. The molecule has 0 fully saturated rings. The van der Waals surface area contributed by atoms with Crippen molar-refractivity contribution < 1.29 is 9.59 Å². The van der Waals surface area contributed by atoms with E-state index in [9.17, 15) is 9.59 Å². The Labute approximate surface area is 177 Å². The molecular formula is C19H15BrN4O2S2. The molecule has 2 amide bonds. The Balaban J connectivity index is 1.38. The first-order chi connectivity index (χ1) is 13.5. The van der Waals surface area contributed by atoms with Crippen molar-refractivity contribution in [2.75, 3.05) is 0 Å². The molecule has 0 bridgehead atoms. The van der Waals surface area contributed by atoms with Gasteiger partial charge < -0.3 is 4.57 Å². The van der Waals surface area contributed by atoms with Gasteiger partial charge in [0.1, 0.15) is 5.01 Å². The summed E-state index contributed by atoms with van der Waals surface area (Å²) in [5.41, 5.74) is 7.09. The summed E-state index contributed by atoms with van der Waals surface area (Å²) in [6.45, 7) is 0. The number of rotatable bonds is 4. The minimum absolute atomic E-state index is 0.0961. The predicted octanol–water partition coefficient (Wildman–Crippen LogP) is 4.13. The number of benzene rings is 1. The molecule has 0 spiro atoms. The van der Waals surface area contributed by atoms with Crippen LogP contribution in [0.25, 0.3) is 20.8 Å². The SMILES string of the molecule is Cn1cc(C(=O)NNC(=O)Cc2csc(-c3cc(Br)cs3)n2)c2ccccc21. The first-order valence-electron chi connectivity index (χ1n) is 8.33. The Morgan fingerprint density at radius 1 is 1.18 bits per heavy atom. The molecule has 9 heteroatoms. The number of nitrogens with zero attached hydrogens (tertiary/aromatic N) is 2. The summed E-state index contributed by atoms with van der Waals surface area (Å²) >= 11 is 6.51. The normalized spacial score (nSPS) is 10.9. The summed E-state index contributed by atoms with van der Waals surface area (Å²) in [6.07, 6.45) is 1.84. The number of amides is 2. The van der Waals surface area contributed by atoms with Crippen LogP contribution in [-0.4, -0.2) is 21.4 Å². The van der Waals surface area contributed by atoms with Crippen molar-refractivity contribution in [1.82, 2.24) is 20.4 Å². The lowest BCUT2D eigenvalue weighted by atomic mass is 10.2. The molecule has 0 saturated carbocycles. The molecule has 0 saturated heterocycles. The molecule has 3 aromatic heterocycles. The number of carbonyl (C=O) groups is 2. The van der Waals surface area contributed by atoms with Gasteiger partial charge in [-0.3, -0.25) is 20.4 Å².